The first-order valence-electron chi connectivity index (χ1n) is 8.61. The SMILES string of the molecule is COCCN1CCC2(CCN(Cc3c(C)cccc3C)C2)C1=O. The van der Waals surface area contributed by atoms with Crippen molar-refractivity contribution >= 4 is 5.91 Å². The summed E-state index contributed by atoms with van der Waals surface area (Å²) in [6, 6.07) is 6.48. The Bertz CT molecular complexity index is 566. The normalized spacial score (nSPS) is 25.0. The number of amides is 1. The third-order valence-electron chi connectivity index (χ3n) is 5.63. The minimum atomic E-state index is -0.135. The maximum absolute atomic E-state index is 12.8. The predicted molar refractivity (Wildman–Crippen MR) is 91.3 cm³/mol. The molecular formula is C19H28N2O2. The molecule has 2 heterocycles. The highest BCUT2D eigenvalue weighted by atomic mass is 16.5. The molecule has 0 aliphatic carbocycles. The molecule has 2 aliphatic rings. The van der Waals surface area contributed by atoms with Crippen LogP contribution in [0.3, 0.4) is 0 Å². The van der Waals surface area contributed by atoms with Crippen molar-refractivity contribution in [2.75, 3.05) is 39.9 Å². The molecule has 0 bridgehead atoms. The maximum Gasteiger partial charge on any atom is 0.230 e. The van der Waals surface area contributed by atoms with E-state index >= 15 is 0 Å². The second kappa shape index (κ2) is 6.62. The third-order valence-corrected chi connectivity index (χ3v) is 5.63. The molecule has 1 spiro atoms. The Balaban J connectivity index is 1.66. The van der Waals surface area contributed by atoms with Gasteiger partial charge in [-0.3, -0.25) is 9.69 Å². The molecule has 1 unspecified atom stereocenters. The number of nitrogens with zero attached hydrogens (tertiary/aromatic N) is 2. The van der Waals surface area contributed by atoms with Gasteiger partial charge in [-0.05, 0) is 49.9 Å². The van der Waals surface area contributed by atoms with Crippen LogP contribution in [-0.2, 0) is 16.1 Å². The highest BCUT2D eigenvalue weighted by molar-refractivity contribution is 5.85. The van der Waals surface area contributed by atoms with E-state index in [1.54, 1.807) is 7.11 Å². The molecule has 2 fully saturated rings. The topological polar surface area (TPSA) is 32.8 Å². The van der Waals surface area contributed by atoms with Crippen LogP contribution in [0.25, 0.3) is 0 Å². The summed E-state index contributed by atoms with van der Waals surface area (Å²) < 4.78 is 5.13. The molecule has 0 saturated carbocycles. The van der Waals surface area contributed by atoms with Gasteiger partial charge in [-0.15, -0.1) is 0 Å². The van der Waals surface area contributed by atoms with E-state index in [-0.39, 0.29) is 5.41 Å². The fourth-order valence-electron chi connectivity index (χ4n) is 4.10. The molecule has 4 nitrogen and oxygen atoms in total. The smallest absolute Gasteiger partial charge is 0.230 e. The lowest BCUT2D eigenvalue weighted by Gasteiger charge is -2.24. The molecule has 1 amide bonds. The number of carbonyl (C=O) groups excluding carboxylic acids is 1. The molecule has 0 radical (unpaired) electrons. The first-order valence-corrected chi connectivity index (χ1v) is 8.61. The highest BCUT2D eigenvalue weighted by Gasteiger charge is 2.50. The second-order valence-electron chi connectivity index (χ2n) is 7.15. The molecule has 2 saturated heterocycles. The number of benzene rings is 1. The van der Waals surface area contributed by atoms with Crippen LogP contribution in [0.15, 0.2) is 18.2 Å². The van der Waals surface area contributed by atoms with Gasteiger partial charge in [0.1, 0.15) is 0 Å². The lowest BCUT2D eigenvalue weighted by atomic mass is 9.85. The second-order valence-corrected chi connectivity index (χ2v) is 7.15. The monoisotopic (exact) mass is 316 g/mol. The van der Waals surface area contributed by atoms with E-state index in [9.17, 15) is 4.79 Å². The summed E-state index contributed by atoms with van der Waals surface area (Å²) in [6.07, 6.45) is 2.00. The minimum Gasteiger partial charge on any atom is -0.383 e. The van der Waals surface area contributed by atoms with Crippen molar-refractivity contribution in [2.24, 2.45) is 5.41 Å². The summed E-state index contributed by atoms with van der Waals surface area (Å²) >= 11 is 0. The minimum absolute atomic E-state index is 0.135. The average Bonchev–Trinajstić information content (AvgIpc) is 3.08. The Labute approximate surface area is 139 Å². The van der Waals surface area contributed by atoms with Crippen molar-refractivity contribution in [3.05, 3.63) is 34.9 Å². The van der Waals surface area contributed by atoms with Crippen LogP contribution >= 0.6 is 0 Å². The molecule has 3 rings (SSSR count). The van der Waals surface area contributed by atoms with Gasteiger partial charge in [-0.25, -0.2) is 0 Å². The largest absolute Gasteiger partial charge is 0.383 e. The number of rotatable bonds is 5. The Morgan fingerprint density at radius 1 is 1.17 bits per heavy atom. The van der Waals surface area contributed by atoms with E-state index in [1.165, 1.54) is 16.7 Å². The first-order chi connectivity index (χ1) is 11.1. The number of carbonyl (C=O) groups is 1. The van der Waals surface area contributed by atoms with Gasteiger partial charge in [-0.2, -0.15) is 0 Å². The van der Waals surface area contributed by atoms with Crippen LogP contribution in [-0.4, -0.2) is 55.6 Å². The Kier molecular flexibility index (Phi) is 4.74. The molecule has 4 heteroatoms. The average molecular weight is 316 g/mol. The van der Waals surface area contributed by atoms with E-state index in [0.717, 1.165) is 45.6 Å². The Morgan fingerprint density at radius 3 is 2.57 bits per heavy atom. The van der Waals surface area contributed by atoms with Crippen molar-refractivity contribution in [3.8, 4) is 0 Å². The van der Waals surface area contributed by atoms with Crippen LogP contribution < -0.4 is 0 Å². The molecular weight excluding hydrogens is 288 g/mol. The van der Waals surface area contributed by atoms with E-state index in [0.29, 0.717) is 12.5 Å². The number of hydrogen-bond donors (Lipinski definition) is 0. The zero-order valence-electron chi connectivity index (χ0n) is 14.6. The number of methoxy groups -OCH3 is 1. The number of aryl methyl sites for hydroxylation is 2. The molecule has 1 atom stereocenters. The zero-order chi connectivity index (χ0) is 16.4. The van der Waals surface area contributed by atoms with E-state index in [1.807, 2.05) is 4.90 Å². The van der Waals surface area contributed by atoms with Gasteiger partial charge < -0.3 is 9.64 Å². The highest BCUT2D eigenvalue weighted by Crippen LogP contribution is 2.41. The summed E-state index contributed by atoms with van der Waals surface area (Å²) in [6.45, 7) is 9.51. The fraction of sp³-hybridized carbons (Fsp3) is 0.632. The van der Waals surface area contributed by atoms with Crippen molar-refractivity contribution in [1.29, 1.82) is 0 Å². The number of likely N-dealkylation sites (tertiary alicyclic amines) is 2. The number of ether oxygens (including phenoxy) is 1. The van der Waals surface area contributed by atoms with Gasteiger partial charge in [0.2, 0.25) is 5.91 Å². The summed E-state index contributed by atoms with van der Waals surface area (Å²) in [5.74, 6) is 0.346. The molecule has 0 N–H and O–H groups in total. The van der Waals surface area contributed by atoms with Gasteiger partial charge in [0.25, 0.3) is 0 Å². The van der Waals surface area contributed by atoms with Crippen LogP contribution in [0.5, 0.6) is 0 Å². The van der Waals surface area contributed by atoms with Crippen LogP contribution in [0, 0.1) is 19.3 Å². The molecule has 1 aromatic rings. The van der Waals surface area contributed by atoms with Gasteiger partial charge in [0.05, 0.1) is 12.0 Å². The van der Waals surface area contributed by atoms with Crippen molar-refractivity contribution in [3.63, 3.8) is 0 Å². The van der Waals surface area contributed by atoms with E-state index in [2.05, 4.69) is 36.9 Å². The molecule has 0 aromatic heterocycles. The lowest BCUT2D eigenvalue weighted by molar-refractivity contribution is -0.136. The fourth-order valence-corrected chi connectivity index (χ4v) is 4.10. The molecule has 2 aliphatic heterocycles. The zero-order valence-corrected chi connectivity index (χ0v) is 14.6. The first kappa shape index (κ1) is 16.5. The van der Waals surface area contributed by atoms with Gasteiger partial charge in [0.15, 0.2) is 0 Å². The molecule has 1 aromatic carbocycles. The third kappa shape index (κ3) is 3.15. The summed E-state index contributed by atoms with van der Waals surface area (Å²) in [4.78, 5) is 17.3. The summed E-state index contributed by atoms with van der Waals surface area (Å²) in [7, 11) is 1.69. The summed E-state index contributed by atoms with van der Waals surface area (Å²) in [5.41, 5.74) is 3.99. The lowest BCUT2D eigenvalue weighted by Crippen LogP contribution is -2.38. The quantitative estimate of drug-likeness (QED) is 0.836. The van der Waals surface area contributed by atoms with Crippen molar-refractivity contribution < 1.29 is 9.53 Å². The predicted octanol–water partition coefficient (Wildman–Crippen LogP) is 2.37. The van der Waals surface area contributed by atoms with Crippen LogP contribution in [0.4, 0.5) is 0 Å². The van der Waals surface area contributed by atoms with Crippen molar-refractivity contribution in [1.82, 2.24) is 9.80 Å². The van der Waals surface area contributed by atoms with Gasteiger partial charge in [-0.1, -0.05) is 18.2 Å². The Hall–Kier alpha value is -1.39. The van der Waals surface area contributed by atoms with Crippen LogP contribution in [0.1, 0.15) is 29.5 Å². The molecule has 23 heavy (non-hydrogen) atoms. The van der Waals surface area contributed by atoms with E-state index < -0.39 is 0 Å². The van der Waals surface area contributed by atoms with Crippen molar-refractivity contribution in [2.45, 2.75) is 33.2 Å². The summed E-state index contributed by atoms with van der Waals surface area (Å²) in [5, 5.41) is 0. The number of hydrogen-bond acceptors (Lipinski definition) is 3. The van der Waals surface area contributed by atoms with Gasteiger partial charge >= 0.3 is 0 Å². The van der Waals surface area contributed by atoms with Crippen LogP contribution in [0.2, 0.25) is 0 Å². The molecule has 126 valence electrons. The maximum atomic E-state index is 12.8. The van der Waals surface area contributed by atoms with Gasteiger partial charge in [0, 0.05) is 33.3 Å². The van der Waals surface area contributed by atoms with E-state index in [4.69, 9.17) is 4.74 Å². The Morgan fingerprint density at radius 2 is 1.87 bits per heavy atom. The standard InChI is InChI=1S/C19H28N2O2/c1-15-5-4-6-16(2)17(15)13-20-9-7-19(14-20)8-10-21(18(19)22)11-12-23-3/h4-6H,7-14H2,1-3H3.